The first kappa shape index (κ1) is 13.5. The van der Waals surface area contributed by atoms with E-state index in [1.54, 1.807) is 11.0 Å². The van der Waals surface area contributed by atoms with Crippen molar-refractivity contribution < 1.29 is 0 Å². The van der Waals surface area contributed by atoms with Crippen LogP contribution in [0.25, 0.3) is 0 Å². The summed E-state index contributed by atoms with van der Waals surface area (Å²) in [6.07, 6.45) is 3.92. The fraction of sp³-hybridized carbons (Fsp3) is 0.500. The first-order valence-corrected chi connectivity index (χ1v) is 7.38. The highest BCUT2D eigenvalue weighted by Crippen LogP contribution is 2.31. The minimum Gasteiger partial charge on any atom is -0.303 e. The molecule has 5 nitrogen and oxygen atoms in total. The summed E-state index contributed by atoms with van der Waals surface area (Å²) in [4.78, 5) is 2.50. The third-order valence-electron chi connectivity index (χ3n) is 3.87. The van der Waals surface area contributed by atoms with Crippen LogP contribution in [0, 0.1) is 0 Å². The Morgan fingerprint density at radius 3 is 2.95 bits per heavy atom. The van der Waals surface area contributed by atoms with Gasteiger partial charge < -0.3 is 4.90 Å². The number of halogens is 1. The molecule has 0 bridgehead atoms. The highest BCUT2D eigenvalue weighted by molar-refractivity contribution is 6.31. The Bertz CT molecular complexity index is 542. The van der Waals surface area contributed by atoms with E-state index in [9.17, 15) is 0 Å². The van der Waals surface area contributed by atoms with Gasteiger partial charge in [0, 0.05) is 18.1 Å². The summed E-state index contributed by atoms with van der Waals surface area (Å²) in [6.45, 7) is 4.20. The van der Waals surface area contributed by atoms with Crippen LogP contribution in [0.4, 0.5) is 0 Å². The molecule has 1 aliphatic rings. The predicted molar refractivity (Wildman–Crippen MR) is 77.7 cm³/mol. The van der Waals surface area contributed by atoms with Gasteiger partial charge in [0.2, 0.25) is 0 Å². The van der Waals surface area contributed by atoms with E-state index in [-0.39, 0.29) is 0 Å². The van der Waals surface area contributed by atoms with Crippen molar-refractivity contribution in [1.29, 1.82) is 0 Å². The monoisotopic (exact) mass is 291 g/mol. The van der Waals surface area contributed by atoms with Gasteiger partial charge in [0.15, 0.2) is 0 Å². The normalized spacial score (nSPS) is 19.6. The minimum absolute atomic E-state index is 0.566. The summed E-state index contributed by atoms with van der Waals surface area (Å²) in [5.41, 5.74) is 1.29. The number of likely N-dealkylation sites (tertiary alicyclic amines) is 1. The lowest BCUT2D eigenvalue weighted by molar-refractivity contribution is 0.317. The molecule has 106 valence electrons. The lowest BCUT2D eigenvalue weighted by atomic mass is 9.98. The number of aryl methyl sites for hydroxylation is 1. The fourth-order valence-electron chi connectivity index (χ4n) is 2.83. The molecule has 20 heavy (non-hydrogen) atoms. The zero-order chi connectivity index (χ0) is 13.8. The van der Waals surface area contributed by atoms with Crippen LogP contribution in [0.3, 0.4) is 0 Å². The zero-order valence-electron chi connectivity index (χ0n) is 11.3. The van der Waals surface area contributed by atoms with Gasteiger partial charge in [-0.3, -0.25) is 0 Å². The summed E-state index contributed by atoms with van der Waals surface area (Å²) in [5.74, 6) is 0.566. The molecule has 6 heteroatoms. The van der Waals surface area contributed by atoms with Crippen molar-refractivity contribution in [2.24, 2.45) is 0 Å². The first-order valence-electron chi connectivity index (χ1n) is 7.00. The number of aromatic nitrogens is 4. The number of rotatable bonds is 5. The van der Waals surface area contributed by atoms with Crippen molar-refractivity contribution >= 4 is 11.6 Å². The Hall–Kier alpha value is -1.46. The van der Waals surface area contributed by atoms with Gasteiger partial charge in [0.05, 0.1) is 0 Å². The quantitative estimate of drug-likeness (QED) is 0.847. The van der Waals surface area contributed by atoms with Crippen LogP contribution in [0.5, 0.6) is 0 Å². The van der Waals surface area contributed by atoms with E-state index in [0.29, 0.717) is 5.92 Å². The van der Waals surface area contributed by atoms with Gasteiger partial charge >= 0.3 is 0 Å². The van der Waals surface area contributed by atoms with E-state index in [1.165, 1.54) is 12.0 Å². The largest absolute Gasteiger partial charge is 0.303 e. The average molecular weight is 292 g/mol. The molecule has 0 aliphatic carbocycles. The maximum atomic E-state index is 6.28. The molecule has 2 aromatic rings. The Morgan fingerprint density at radius 1 is 1.25 bits per heavy atom. The molecular weight excluding hydrogens is 274 g/mol. The Kier molecular flexibility index (Phi) is 4.28. The topological polar surface area (TPSA) is 46.8 Å². The van der Waals surface area contributed by atoms with E-state index in [0.717, 1.165) is 37.6 Å². The lowest BCUT2D eigenvalue weighted by Gasteiger charge is -2.16. The van der Waals surface area contributed by atoms with E-state index < -0.39 is 0 Å². The highest BCUT2D eigenvalue weighted by atomic mass is 35.5. The molecule has 1 aromatic carbocycles. The van der Waals surface area contributed by atoms with Crippen molar-refractivity contribution in [2.75, 3.05) is 19.6 Å². The minimum atomic E-state index is 0.566. The van der Waals surface area contributed by atoms with Crippen molar-refractivity contribution in [1.82, 2.24) is 25.1 Å². The molecule has 1 atom stereocenters. The molecule has 1 aromatic heterocycles. The number of hydrogen-bond donors (Lipinski definition) is 0. The molecule has 1 saturated heterocycles. The summed E-state index contributed by atoms with van der Waals surface area (Å²) in [5, 5.41) is 12.0. The molecule has 3 rings (SSSR count). The standard InChI is InChI=1S/C14H18ClN5/c15-14-5-2-1-4-13(14)12-6-9-19(10-12)7-3-8-20-11-16-17-18-20/h1-2,4-5,11-12H,3,6-10H2/t12-/m0/s1. The van der Waals surface area contributed by atoms with Gasteiger partial charge in [0.1, 0.15) is 6.33 Å². The summed E-state index contributed by atoms with van der Waals surface area (Å²) >= 11 is 6.28. The van der Waals surface area contributed by atoms with E-state index in [1.807, 2.05) is 12.1 Å². The molecule has 0 saturated carbocycles. The summed E-state index contributed by atoms with van der Waals surface area (Å²) in [6, 6.07) is 8.20. The van der Waals surface area contributed by atoms with Crippen LogP contribution >= 0.6 is 11.6 Å². The van der Waals surface area contributed by atoms with Crippen molar-refractivity contribution in [2.45, 2.75) is 25.3 Å². The summed E-state index contributed by atoms with van der Waals surface area (Å²) < 4.78 is 1.78. The SMILES string of the molecule is Clc1ccccc1[C@H]1CCN(CCCn2cnnn2)C1. The Morgan fingerprint density at radius 2 is 2.15 bits per heavy atom. The molecule has 1 aliphatic heterocycles. The molecule has 0 N–H and O–H groups in total. The van der Waals surface area contributed by atoms with Gasteiger partial charge in [-0.15, -0.1) is 5.10 Å². The van der Waals surface area contributed by atoms with E-state index in [4.69, 9.17) is 11.6 Å². The van der Waals surface area contributed by atoms with E-state index in [2.05, 4.69) is 32.6 Å². The maximum absolute atomic E-state index is 6.28. The van der Waals surface area contributed by atoms with Crippen molar-refractivity contribution in [3.63, 3.8) is 0 Å². The zero-order valence-corrected chi connectivity index (χ0v) is 12.1. The van der Waals surface area contributed by atoms with Gasteiger partial charge in [-0.05, 0) is 53.9 Å². The molecule has 0 amide bonds. The molecule has 1 fully saturated rings. The predicted octanol–water partition coefficient (Wildman–Crippen LogP) is 2.21. The van der Waals surface area contributed by atoms with Gasteiger partial charge in [-0.2, -0.15) is 0 Å². The van der Waals surface area contributed by atoms with Crippen LogP contribution in [0.15, 0.2) is 30.6 Å². The second kappa shape index (κ2) is 6.33. The molecule has 0 spiro atoms. The van der Waals surface area contributed by atoms with Gasteiger partial charge in [-0.1, -0.05) is 29.8 Å². The second-order valence-electron chi connectivity index (χ2n) is 5.23. The van der Waals surface area contributed by atoms with Gasteiger partial charge in [0.25, 0.3) is 0 Å². The smallest absolute Gasteiger partial charge is 0.138 e. The number of tetrazole rings is 1. The Balaban J connectivity index is 1.49. The summed E-state index contributed by atoms with van der Waals surface area (Å²) in [7, 11) is 0. The molecular formula is C14H18ClN5. The highest BCUT2D eigenvalue weighted by Gasteiger charge is 2.24. The van der Waals surface area contributed by atoms with Crippen LogP contribution in [-0.4, -0.2) is 44.7 Å². The Labute approximate surface area is 123 Å². The third-order valence-corrected chi connectivity index (χ3v) is 4.21. The van der Waals surface area contributed by atoms with Gasteiger partial charge in [-0.25, -0.2) is 4.68 Å². The number of benzene rings is 1. The fourth-order valence-corrected chi connectivity index (χ4v) is 3.12. The van der Waals surface area contributed by atoms with Crippen LogP contribution < -0.4 is 0 Å². The van der Waals surface area contributed by atoms with Crippen molar-refractivity contribution in [3.05, 3.63) is 41.2 Å². The van der Waals surface area contributed by atoms with E-state index >= 15 is 0 Å². The van der Waals surface area contributed by atoms with Crippen molar-refractivity contribution in [3.8, 4) is 0 Å². The average Bonchev–Trinajstić information content (AvgIpc) is 3.11. The third kappa shape index (κ3) is 3.16. The lowest BCUT2D eigenvalue weighted by Crippen LogP contribution is -2.22. The number of nitrogens with zero attached hydrogens (tertiary/aromatic N) is 5. The second-order valence-corrected chi connectivity index (χ2v) is 5.64. The number of hydrogen-bond acceptors (Lipinski definition) is 4. The molecule has 0 radical (unpaired) electrons. The molecule has 2 heterocycles. The first-order chi connectivity index (χ1) is 9.83. The van der Waals surface area contributed by atoms with Crippen LogP contribution in [0.2, 0.25) is 5.02 Å². The van der Waals surface area contributed by atoms with Crippen LogP contribution in [-0.2, 0) is 6.54 Å². The molecule has 0 unspecified atom stereocenters. The van der Waals surface area contributed by atoms with Crippen LogP contribution in [0.1, 0.15) is 24.3 Å². The maximum Gasteiger partial charge on any atom is 0.138 e.